The van der Waals surface area contributed by atoms with Crippen LogP contribution in [0.5, 0.6) is 0 Å². The third kappa shape index (κ3) is 1.75. The topological polar surface area (TPSA) is 49.6 Å². The molecule has 0 saturated heterocycles. The van der Waals surface area contributed by atoms with Crippen molar-refractivity contribution in [1.29, 1.82) is 5.26 Å². The summed E-state index contributed by atoms with van der Waals surface area (Å²) in [6.45, 7) is 0. The zero-order chi connectivity index (χ0) is 12.4. The van der Waals surface area contributed by atoms with E-state index in [-0.39, 0.29) is 5.92 Å². The largest absolute Gasteiger partial charge is 0.245 e. The Labute approximate surface area is 108 Å². The summed E-state index contributed by atoms with van der Waals surface area (Å²) in [4.78, 5) is 8.07. The number of benzene rings is 1. The molecule has 0 aliphatic rings. The molecule has 1 atom stereocenters. The van der Waals surface area contributed by atoms with E-state index in [1.807, 2.05) is 23.6 Å². The summed E-state index contributed by atoms with van der Waals surface area (Å²) in [5.41, 5.74) is 1.77. The van der Waals surface area contributed by atoms with E-state index in [1.54, 1.807) is 23.6 Å². The molecule has 1 aromatic carbocycles. The van der Waals surface area contributed by atoms with Crippen LogP contribution in [0.2, 0.25) is 0 Å². The Kier molecular flexibility index (Phi) is 2.75. The molecule has 2 aromatic heterocycles. The van der Waals surface area contributed by atoms with Crippen LogP contribution in [0.15, 0.2) is 48.2 Å². The molecule has 3 rings (SSSR count). The van der Waals surface area contributed by atoms with Gasteiger partial charge in [0.15, 0.2) is 0 Å². The highest BCUT2D eigenvalue weighted by molar-refractivity contribution is 7.17. The highest BCUT2D eigenvalue weighted by atomic mass is 32.1. The van der Waals surface area contributed by atoms with Crippen molar-refractivity contribution in [1.82, 2.24) is 9.97 Å². The van der Waals surface area contributed by atoms with Gasteiger partial charge in [-0.15, -0.1) is 11.3 Å². The van der Waals surface area contributed by atoms with E-state index in [0.29, 0.717) is 0 Å². The molecule has 0 amide bonds. The number of fused-ring (bicyclic) bond motifs is 1. The molecule has 86 valence electrons. The first-order valence-electron chi connectivity index (χ1n) is 5.52. The van der Waals surface area contributed by atoms with Gasteiger partial charge < -0.3 is 0 Å². The Morgan fingerprint density at radius 3 is 2.89 bits per heavy atom. The predicted octanol–water partition coefficient (Wildman–Crippen LogP) is 3.35. The normalized spacial score (nSPS) is 12.2. The SMILES string of the molecule is N#CC(c1ccncn1)c1csc2ccccc12. The number of hydrogen-bond donors (Lipinski definition) is 0. The van der Waals surface area contributed by atoms with Crippen LogP contribution in [-0.2, 0) is 0 Å². The highest BCUT2D eigenvalue weighted by Gasteiger charge is 2.18. The van der Waals surface area contributed by atoms with Gasteiger partial charge in [-0.25, -0.2) is 9.97 Å². The van der Waals surface area contributed by atoms with Crippen LogP contribution in [-0.4, -0.2) is 9.97 Å². The van der Waals surface area contributed by atoms with Gasteiger partial charge in [-0.3, -0.25) is 0 Å². The average Bonchev–Trinajstić information content (AvgIpc) is 2.85. The summed E-state index contributed by atoms with van der Waals surface area (Å²) < 4.78 is 1.20. The number of aromatic nitrogens is 2. The van der Waals surface area contributed by atoms with Crippen LogP contribution in [0.3, 0.4) is 0 Å². The minimum Gasteiger partial charge on any atom is -0.245 e. The van der Waals surface area contributed by atoms with Crippen molar-refractivity contribution < 1.29 is 0 Å². The van der Waals surface area contributed by atoms with Gasteiger partial charge in [0, 0.05) is 10.9 Å². The molecule has 3 nitrogen and oxygen atoms in total. The first kappa shape index (κ1) is 10.9. The van der Waals surface area contributed by atoms with Crippen molar-refractivity contribution in [3.8, 4) is 6.07 Å². The fraction of sp³-hybridized carbons (Fsp3) is 0.0714. The molecular formula is C14H9N3S. The third-order valence-corrected chi connectivity index (χ3v) is 3.83. The first-order valence-corrected chi connectivity index (χ1v) is 6.40. The Balaban J connectivity index is 2.16. The van der Waals surface area contributed by atoms with Crippen LogP contribution in [0.25, 0.3) is 10.1 Å². The van der Waals surface area contributed by atoms with E-state index in [0.717, 1.165) is 16.6 Å². The van der Waals surface area contributed by atoms with Gasteiger partial charge in [0.05, 0.1) is 11.8 Å². The highest BCUT2D eigenvalue weighted by Crippen LogP contribution is 2.33. The van der Waals surface area contributed by atoms with Crippen molar-refractivity contribution >= 4 is 21.4 Å². The second kappa shape index (κ2) is 4.55. The molecule has 18 heavy (non-hydrogen) atoms. The number of nitriles is 1. The molecule has 1 unspecified atom stereocenters. The summed E-state index contributed by atoms with van der Waals surface area (Å²) in [6.07, 6.45) is 3.15. The van der Waals surface area contributed by atoms with Crippen molar-refractivity contribution in [3.63, 3.8) is 0 Å². The summed E-state index contributed by atoms with van der Waals surface area (Å²) in [5, 5.41) is 12.6. The second-order valence-electron chi connectivity index (χ2n) is 3.88. The molecule has 0 N–H and O–H groups in total. The Hall–Kier alpha value is -2.25. The van der Waals surface area contributed by atoms with Gasteiger partial charge >= 0.3 is 0 Å². The van der Waals surface area contributed by atoms with Crippen molar-refractivity contribution in [2.45, 2.75) is 5.92 Å². The van der Waals surface area contributed by atoms with Gasteiger partial charge in [-0.2, -0.15) is 5.26 Å². The summed E-state index contributed by atoms with van der Waals surface area (Å²) in [6, 6.07) is 12.2. The van der Waals surface area contributed by atoms with E-state index in [4.69, 9.17) is 0 Å². The Bertz CT molecular complexity index is 712. The Morgan fingerprint density at radius 2 is 2.11 bits per heavy atom. The third-order valence-electron chi connectivity index (χ3n) is 2.85. The van der Waals surface area contributed by atoms with Crippen LogP contribution in [0.1, 0.15) is 17.2 Å². The molecule has 0 fully saturated rings. The zero-order valence-electron chi connectivity index (χ0n) is 9.45. The predicted molar refractivity (Wildman–Crippen MR) is 71.3 cm³/mol. The summed E-state index contributed by atoms with van der Waals surface area (Å²) in [5.74, 6) is -0.329. The summed E-state index contributed by atoms with van der Waals surface area (Å²) >= 11 is 1.66. The zero-order valence-corrected chi connectivity index (χ0v) is 10.3. The van der Waals surface area contributed by atoms with Crippen molar-refractivity contribution in [3.05, 3.63) is 59.5 Å². The second-order valence-corrected chi connectivity index (χ2v) is 4.79. The standard InChI is InChI=1S/C14H9N3S/c15-7-11(13-5-6-16-9-17-13)12-8-18-14-4-2-1-3-10(12)14/h1-6,8-9,11H. The van der Waals surface area contributed by atoms with Gasteiger partial charge in [-0.05, 0) is 28.5 Å². The summed E-state index contributed by atoms with van der Waals surface area (Å²) in [7, 11) is 0. The van der Waals surface area contributed by atoms with Crippen LogP contribution in [0.4, 0.5) is 0 Å². The van der Waals surface area contributed by atoms with Gasteiger partial charge in [0.2, 0.25) is 0 Å². The fourth-order valence-electron chi connectivity index (χ4n) is 1.99. The van der Waals surface area contributed by atoms with Crippen molar-refractivity contribution in [2.24, 2.45) is 0 Å². The van der Waals surface area contributed by atoms with E-state index < -0.39 is 0 Å². The molecule has 0 radical (unpaired) electrons. The van der Waals surface area contributed by atoms with Crippen LogP contribution in [0, 0.1) is 11.3 Å². The lowest BCUT2D eigenvalue weighted by Crippen LogP contribution is -2.00. The maximum Gasteiger partial charge on any atom is 0.115 e. The minimum atomic E-state index is -0.329. The molecule has 0 aliphatic heterocycles. The number of thiophene rings is 1. The van der Waals surface area contributed by atoms with Gasteiger partial charge in [0.1, 0.15) is 12.2 Å². The van der Waals surface area contributed by atoms with Gasteiger partial charge in [-0.1, -0.05) is 18.2 Å². The average molecular weight is 251 g/mol. The quantitative estimate of drug-likeness (QED) is 0.701. The lowest BCUT2D eigenvalue weighted by Gasteiger charge is -2.06. The van der Waals surface area contributed by atoms with Crippen LogP contribution < -0.4 is 0 Å². The molecule has 3 aromatic rings. The molecule has 0 aliphatic carbocycles. The maximum atomic E-state index is 9.40. The molecule has 0 spiro atoms. The molecule has 0 bridgehead atoms. The minimum absolute atomic E-state index is 0.329. The first-order chi connectivity index (χ1) is 8.90. The fourth-order valence-corrected chi connectivity index (χ4v) is 2.98. The number of hydrogen-bond acceptors (Lipinski definition) is 4. The molecule has 2 heterocycles. The van der Waals surface area contributed by atoms with Crippen molar-refractivity contribution in [2.75, 3.05) is 0 Å². The lowest BCUT2D eigenvalue weighted by atomic mass is 9.96. The van der Waals surface area contributed by atoms with E-state index >= 15 is 0 Å². The smallest absolute Gasteiger partial charge is 0.115 e. The lowest BCUT2D eigenvalue weighted by molar-refractivity contribution is 0.954. The maximum absolute atomic E-state index is 9.40. The number of nitrogens with zero attached hydrogens (tertiary/aromatic N) is 3. The van der Waals surface area contributed by atoms with Gasteiger partial charge in [0.25, 0.3) is 0 Å². The molecule has 0 saturated carbocycles. The molecular weight excluding hydrogens is 242 g/mol. The van der Waals surface area contributed by atoms with E-state index in [2.05, 4.69) is 22.1 Å². The monoisotopic (exact) mass is 251 g/mol. The number of rotatable bonds is 2. The van der Waals surface area contributed by atoms with E-state index in [9.17, 15) is 5.26 Å². The van der Waals surface area contributed by atoms with Crippen LogP contribution >= 0.6 is 11.3 Å². The van der Waals surface area contributed by atoms with E-state index in [1.165, 1.54) is 11.0 Å². The molecule has 4 heteroatoms. The Morgan fingerprint density at radius 1 is 1.22 bits per heavy atom.